The second kappa shape index (κ2) is 6.53. The molecule has 6 nitrogen and oxygen atoms in total. The number of methoxy groups -OCH3 is 1. The van der Waals surface area contributed by atoms with E-state index in [0.717, 1.165) is 5.57 Å². The number of carbonyl (C=O) groups is 1. The third-order valence-electron chi connectivity index (χ3n) is 2.48. The highest BCUT2D eigenvalue weighted by Crippen LogP contribution is 2.24. The third-order valence-corrected chi connectivity index (χ3v) is 3.95. The summed E-state index contributed by atoms with van der Waals surface area (Å²) < 4.78 is 31.6. The molecule has 0 fully saturated rings. The van der Waals surface area contributed by atoms with E-state index in [1.807, 2.05) is 13.8 Å². The van der Waals surface area contributed by atoms with E-state index in [2.05, 4.69) is 4.72 Å². The standard InChI is InChI=1S/C13H17NO5S/c1-9(2)6-7-14-20(17,18)12-5-4-10(13(15)16)8-11(12)19-3/h4-6,8,14H,7H2,1-3H3,(H,15,16). The second-order valence-corrected chi connectivity index (χ2v) is 6.04. The van der Waals surface area contributed by atoms with Gasteiger partial charge in [0.05, 0.1) is 12.7 Å². The van der Waals surface area contributed by atoms with E-state index < -0.39 is 16.0 Å². The van der Waals surface area contributed by atoms with Crippen molar-refractivity contribution in [1.29, 1.82) is 0 Å². The number of allylic oxidation sites excluding steroid dienone is 1. The van der Waals surface area contributed by atoms with Crippen molar-refractivity contribution in [2.75, 3.05) is 13.7 Å². The van der Waals surface area contributed by atoms with Crippen molar-refractivity contribution >= 4 is 16.0 Å². The van der Waals surface area contributed by atoms with E-state index in [0.29, 0.717) is 0 Å². The quantitative estimate of drug-likeness (QED) is 0.779. The van der Waals surface area contributed by atoms with Gasteiger partial charge in [-0.1, -0.05) is 11.6 Å². The number of ether oxygens (including phenoxy) is 1. The molecule has 0 saturated heterocycles. The number of sulfonamides is 1. The van der Waals surface area contributed by atoms with Crippen LogP contribution in [0.3, 0.4) is 0 Å². The smallest absolute Gasteiger partial charge is 0.335 e. The van der Waals surface area contributed by atoms with Crippen LogP contribution in [0.15, 0.2) is 34.7 Å². The highest BCUT2D eigenvalue weighted by atomic mass is 32.2. The number of benzene rings is 1. The van der Waals surface area contributed by atoms with Gasteiger partial charge in [-0.3, -0.25) is 0 Å². The maximum Gasteiger partial charge on any atom is 0.335 e. The summed E-state index contributed by atoms with van der Waals surface area (Å²) >= 11 is 0. The molecule has 0 radical (unpaired) electrons. The molecule has 0 unspecified atom stereocenters. The number of hydrogen-bond acceptors (Lipinski definition) is 4. The summed E-state index contributed by atoms with van der Waals surface area (Å²) in [5.41, 5.74) is 0.950. The van der Waals surface area contributed by atoms with Gasteiger partial charge in [-0.05, 0) is 32.0 Å². The van der Waals surface area contributed by atoms with Gasteiger partial charge in [0, 0.05) is 6.54 Å². The molecular formula is C13H17NO5S. The first kappa shape index (κ1) is 16.2. The van der Waals surface area contributed by atoms with Gasteiger partial charge in [-0.15, -0.1) is 0 Å². The lowest BCUT2D eigenvalue weighted by Gasteiger charge is -2.10. The molecular weight excluding hydrogens is 282 g/mol. The van der Waals surface area contributed by atoms with E-state index >= 15 is 0 Å². The van der Waals surface area contributed by atoms with Gasteiger partial charge in [0.2, 0.25) is 10.0 Å². The summed E-state index contributed by atoms with van der Waals surface area (Å²) in [7, 11) is -2.47. The lowest BCUT2D eigenvalue weighted by Crippen LogP contribution is -2.24. The Balaban J connectivity index is 3.11. The van der Waals surface area contributed by atoms with Crippen LogP contribution in [0.4, 0.5) is 0 Å². The highest BCUT2D eigenvalue weighted by Gasteiger charge is 2.20. The minimum absolute atomic E-state index is 0.00500. The van der Waals surface area contributed by atoms with Crippen LogP contribution >= 0.6 is 0 Å². The van der Waals surface area contributed by atoms with E-state index in [1.54, 1.807) is 6.08 Å². The van der Waals surface area contributed by atoms with Crippen LogP contribution < -0.4 is 9.46 Å². The van der Waals surface area contributed by atoms with E-state index in [4.69, 9.17) is 9.84 Å². The SMILES string of the molecule is COc1cc(C(=O)O)ccc1S(=O)(=O)NCC=C(C)C. The molecule has 0 spiro atoms. The molecule has 7 heteroatoms. The third kappa shape index (κ3) is 4.07. The summed E-state index contributed by atoms with van der Waals surface area (Å²) in [6.07, 6.45) is 1.73. The molecule has 0 saturated carbocycles. The monoisotopic (exact) mass is 299 g/mol. The molecule has 0 aromatic heterocycles. The molecule has 20 heavy (non-hydrogen) atoms. The van der Waals surface area contributed by atoms with Crippen molar-refractivity contribution in [3.63, 3.8) is 0 Å². The minimum Gasteiger partial charge on any atom is -0.495 e. The fourth-order valence-electron chi connectivity index (χ4n) is 1.46. The topological polar surface area (TPSA) is 92.7 Å². The molecule has 0 aliphatic rings. The maximum atomic E-state index is 12.1. The van der Waals surface area contributed by atoms with Crippen molar-refractivity contribution in [1.82, 2.24) is 4.72 Å². The number of carboxylic acid groups (broad SMARTS) is 1. The first-order chi connectivity index (χ1) is 9.27. The summed E-state index contributed by atoms with van der Waals surface area (Å²) in [4.78, 5) is 10.8. The van der Waals surface area contributed by atoms with Crippen LogP contribution in [0.5, 0.6) is 5.75 Å². The lowest BCUT2D eigenvalue weighted by atomic mass is 10.2. The maximum absolute atomic E-state index is 12.1. The summed E-state index contributed by atoms with van der Waals surface area (Å²) in [5, 5.41) is 8.87. The molecule has 0 atom stereocenters. The molecule has 0 bridgehead atoms. The first-order valence-electron chi connectivity index (χ1n) is 5.82. The van der Waals surface area contributed by atoms with Crippen LogP contribution in [0.2, 0.25) is 0 Å². The van der Waals surface area contributed by atoms with Gasteiger partial charge in [-0.25, -0.2) is 17.9 Å². The van der Waals surface area contributed by atoms with Gasteiger partial charge in [0.25, 0.3) is 0 Å². The number of aromatic carboxylic acids is 1. The number of rotatable bonds is 6. The fraction of sp³-hybridized carbons (Fsp3) is 0.308. The molecule has 110 valence electrons. The molecule has 0 heterocycles. The molecule has 0 amide bonds. The van der Waals surface area contributed by atoms with Crippen molar-refractivity contribution in [2.24, 2.45) is 0 Å². The molecule has 2 N–H and O–H groups in total. The Morgan fingerprint density at radius 3 is 2.55 bits per heavy atom. The second-order valence-electron chi connectivity index (χ2n) is 4.30. The van der Waals surface area contributed by atoms with Crippen molar-refractivity contribution in [3.8, 4) is 5.75 Å². The Kier molecular flexibility index (Phi) is 5.29. The fourth-order valence-corrected chi connectivity index (χ4v) is 2.57. The van der Waals surface area contributed by atoms with Gasteiger partial charge >= 0.3 is 5.97 Å². The Bertz CT molecular complexity index is 630. The largest absolute Gasteiger partial charge is 0.495 e. The van der Waals surface area contributed by atoms with Gasteiger partial charge in [0.15, 0.2) is 0 Å². The Morgan fingerprint density at radius 1 is 1.40 bits per heavy atom. The zero-order valence-electron chi connectivity index (χ0n) is 11.5. The number of carboxylic acids is 1. The zero-order chi connectivity index (χ0) is 15.3. The normalized spacial score (nSPS) is 10.9. The molecule has 1 rings (SSSR count). The van der Waals surface area contributed by atoms with Crippen LogP contribution in [-0.4, -0.2) is 33.1 Å². The van der Waals surface area contributed by atoms with Crippen LogP contribution in [0.1, 0.15) is 24.2 Å². The van der Waals surface area contributed by atoms with E-state index in [9.17, 15) is 13.2 Å². The molecule has 0 aliphatic heterocycles. The average molecular weight is 299 g/mol. The summed E-state index contributed by atoms with van der Waals surface area (Å²) in [5.74, 6) is -1.15. The van der Waals surface area contributed by atoms with Crippen LogP contribution in [0.25, 0.3) is 0 Å². The van der Waals surface area contributed by atoms with E-state index in [1.165, 1.54) is 25.3 Å². The lowest BCUT2D eigenvalue weighted by molar-refractivity contribution is 0.0696. The Hall–Kier alpha value is -1.86. The van der Waals surface area contributed by atoms with Crippen LogP contribution in [0, 0.1) is 0 Å². The van der Waals surface area contributed by atoms with Crippen molar-refractivity contribution < 1.29 is 23.1 Å². The van der Waals surface area contributed by atoms with E-state index in [-0.39, 0.29) is 22.8 Å². The van der Waals surface area contributed by atoms with Gasteiger partial charge in [0.1, 0.15) is 10.6 Å². The number of nitrogens with one attached hydrogen (secondary N) is 1. The Labute approximate surface area is 118 Å². The first-order valence-corrected chi connectivity index (χ1v) is 7.30. The van der Waals surface area contributed by atoms with Crippen molar-refractivity contribution in [3.05, 3.63) is 35.4 Å². The minimum atomic E-state index is -3.75. The molecule has 1 aromatic rings. The highest BCUT2D eigenvalue weighted by molar-refractivity contribution is 7.89. The molecule has 1 aromatic carbocycles. The van der Waals surface area contributed by atoms with Crippen LogP contribution in [-0.2, 0) is 10.0 Å². The summed E-state index contributed by atoms with van der Waals surface area (Å²) in [6.45, 7) is 3.88. The predicted octanol–water partition coefficient (Wildman–Crippen LogP) is 1.64. The van der Waals surface area contributed by atoms with Gasteiger partial charge < -0.3 is 9.84 Å². The zero-order valence-corrected chi connectivity index (χ0v) is 12.3. The van der Waals surface area contributed by atoms with Crippen molar-refractivity contribution in [2.45, 2.75) is 18.7 Å². The van der Waals surface area contributed by atoms with Gasteiger partial charge in [-0.2, -0.15) is 0 Å². The summed E-state index contributed by atoms with van der Waals surface area (Å²) in [6, 6.07) is 3.62. The number of hydrogen-bond donors (Lipinski definition) is 2. The molecule has 0 aliphatic carbocycles. The predicted molar refractivity (Wildman–Crippen MR) is 74.6 cm³/mol. The average Bonchev–Trinajstić information content (AvgIpc) is 2.37. The Morgan fingerprint density at radius 2 is 2.05 bits per heavy atom.